The zero-order chi connectivity index (χ0) is 23.2. The highest BCUT2D eigenvalue weighted by molar-refractivity contribution is 6.40. The van der Waals surface area contributed by atoms with E-state index >= 15 is 0 Å². The van der Waals surface area contributed by atoms with Gasteiger partial charge in [0.15, 0.2) is 23.3 Å². The Kier molecular flexibility index (Phi) is 5.15. The Morgan fingerprint density at radius 1 is 1.03 bits per heavy atom. The summed E-state index contributed by atoms with van der Waals surface area (Å²) in [7, 11) is 7.45. The summed E-state index contributed by atoms with van der Waals surface area (Å²) in [5.41, 5.74) is 3.55. The Labute approximate surface area is 193 Å². The van der Waals surface area contributed by atoms with E-state index in [-0.39, 0.29) is 12.2 Å². The Hall–Kier alpha value is -3.68. The molecule has 0 saturated carbocycles. The molecule has 4 heterocycles. The van der Waals surface area contributed by atoms with Crippen LogP contribution in [-0.4, -0.2) is 55.5 Å². The molecule has 0 unspecified atom stereocenters. The fraction of sp³-hybridized carbons (Fsp3) is 0.261. The third kappa shape index (κ3) is 3.55. The molecular weight excluding hydrogens is 418 g/mol. The Balaban J connectivity index is 1.54. The molecule has 0 aliphatic carbocycles. The van der Waals surface area contributed by atoms with Crippen molar-refractivity contribution in [1.82, 2.24) is 19.5 Å². The number of aromatic nitrogens is 4. The monoisotopic (exact) mass is 442 g/mol. The topological polar surface area (TPSA) is 80.5 Å². The third-order valence-electron chi connectivity index (χ3n) is 6.14. The molecule has 33 heavy (non-hydrogen) atoms. The molecule has 1 aliphatic rings. The lowest BCUT2D eigenvalue weighted by Gasteiger charge is -2.35. The van der Waals surface area contributed by atoms with E-state index in [1.165, 1.54) is 0 Å². The van der Waals surface area contributed by atoms with Crippen LogP contribution in [-0.2, 0) is 5.34 Å². The van der Waals surface area contributed by atoms with Crippen LogP contribution < -0.4 is 18.9 Å². The third-order valence-corrected chi connectivity index (χ3v) is 6.14. The maximum atomic E-state index is 6.39. The molecule has 0 amide bonds. The molecule has 0 saturated heterocycles. The Bertz CT molecular complexity index is 1310. The summed E-state index contributed by atoms with van der Waals surface area (Å²) < 4.78 is 25.7. The molecule has 4 aromatic rings. The minimum absolute atomic E-state index is 0.230. The molecule has 0 N–H and O–H groups in total. The van der Waals surface area contributed by atoms with Gasteiger partial charge in [-0.05, 0) is 42.8 Å². The summed E-state index contributed by atoms with van der Waals surface area (Å²) >= 11 is 0. The van der Waals surface area contributed by atoms with Gasteiger partial charge in [0, 0.05) is 29.4 Å². The fourth-order valence-corrected chi connectivity index (χ4v) is 4.19. The van der Waals surface area contributed by atoms with Gasteiger partial charge in [-0.1, -0.05) is 0 Å². The molecule has 0 radical (unpaired) electrons. The molecule has 1 aliphatic heterocycles. The van der Waals surface area contributed by atoms with Crippen LogP contribution in [0.3, 0.4) is 0 Å². The standard InChI is InChI=1S/C23H24B2N4O4/c1-13-20(14-6-7-19(31-3)27-11-14)33-21-17(30-2)9-15(10-18(21)32-13)23(24,25)29-12-28-16-5-4-8-26-22(16)29/h4-13,20H,24-25H2,1-3H3/t13-,20+/m0/s1. The summed E-state index contributed by atoms with van der Waals surface area (Å²) in [6.07, 6.45) is 4.78. The van der Waals surface area contributed by atoms with Gasteiger partial charge in [-0.3, -0.25) is 0 Å². The van der Waals surface area contributed by atoms with Crippen LogP contribution in [0.1, 0.15) is 24.2 Å². The second kappa shape index (κ2) is 8.03. The van der Waals surface area contributed by atoms with Crippen molar-refractivity contribution in [1.29, 1.82) is 0 Å². The molecule has 0 bridgehead atoms. The van der Waals surface area contributed by atoms with E-state index in [9.17, 15) is 0 Å². The van der Waals surface area contributed by atoms with Gasteiger partial charge in [-0.2, -0.15) is 0 Å². The summed E-state index contributed by atoms with van der Waals surface area (Å²) in [6.45, 7) is 1.98. The normalized spacial score (nSPS) is 17.7. The Morgan fingerprint density at radius 3 is 2.61 bits per heavy atom. The number of methoxy groups -OCH3 is 2. The van der Waals surface area contributed by atoms with Crippen molar-refractivity contribution in [2.24, 2.45) is 0 Å². The number of fused-ring (bicyclic) bond motifs is 2. The molecule has 5 rings (SSSR count). The van der Waals surface area contributed by atoms with Gasteiger partial charge in [0.05, 0.1) is 20.5 Å². The second-order valence-corrected chi connectivity index (χ2v) is 8.52. The second-order valence-electron chi connectivity index (χ2n) is 8.52. The zero-order valence-electron chi connectivity index (χ0n) is 19.3. The van der Waals surface area contributed by atoms with E-state index in [4.69, 9.17) is 18.9 Å². The predicted octanol–water partition coefficient (Wildman–Crippen LogP) is 1.67. The molecule has 166 valence electrons. The van der Waals surface area contributed by atoms with Gasteiger partial charge in [0.2, 0.25) is 11.6 Å². The van der Waals surface area contributed by atoms with Crippen LogP contribution in [0.15, 0.2) is 55.1 Å². The van der Waals surface area contributed by atoms with Gasteiger partial charge in [-0.15, -0.1) is 0 Å². The molecular formula is C23H24B2N4O4. The van der Waals surface area contributed by atoms with Crippen molar-refractivity contribution in [3.8, 4) is 23.1 Å². The molecule has 0 fully saturated rings. The number of imidazole rings is 1. The summed E-state index contributed by atoms with van der Waals surface area (Å²) in [4.78, 5) is 13.3. The van der Waals surface area contributed by atoms with Crippen molar-refractivity contribution in [2.75, 3.05) is 14.2 Å². The number of benzene rings is 1. The van der Waals surface area contributed by atoms with E-state index in [1.54, 1.807) is 26.6 Å². The maximum absolute atomic E-state index is 6.39. The minimum Gasteiger partial charge on any atom is -0.493 e. The van der Waals surface area contributed by atoms with Crippen molar-refractivity contribution >= 4 is 26.9 Å². The van der Waals surface area contributed by atoms with Crippen LogP contribution in [0.5, 0.6) is 23.1 Å². The van der Waals surface area contributed by atoms with Gasteiger partial charge in [0.25, 0.3) is 0 Å². The molecule has 3 aromatic heterocycles. The summed E-state index contributed by atoms with van der Waals surface area (Å²) in [5.74, 6) is 2.37. The summed E-state index contributed by atoms with van der Waals surface area (Å²) in [6, 6.07) is 11.6. The molecule has 2 atom stereocenters. The first-order valence-electron chi connectivity index (χ1n) is 10.8. The van der Waals surface area contributed by atoms with Crippen molar-refractivity contribution in [3.63, 3.8) is 0 Å². The molecule has 0 spiro atoms. The molecule has 8 nitrogen and oxygen atoms in total. The average Bonchev–Trinajstić information content (AvgIpc) is 3.28. The fourth-order valence-electron chi connectivity index (χ4n) is 4.19. The number of rotatable bonds is 5. The molecule has 10 heteroatoms. The van der Waals surface area contributed by atoms with E-state index in [2.05, 4.69) is 35.2 Å². The van der Waals surface area contributed by atoms with Crippen molar-refractivity contribution in [2.45, 2.75) is 24.5 Å². The van der Waals surface area contributed by atoms with Gasteiger partial charge < -0.3 is 23.5 Å². The van der Waals surface area contributed by atoms with E-state index in [0.717, 1.165) is 22.3 Å². The highest BCUT2D eigenvalue weighted by atomic mass is 16.6. The highest BCUT2D eigenvalue weighted by Crippen LogP contribution is 2.47. The molecule has 1 aromatic carbocycles. The van der Waals surface area contributed by atoms with Crippen LogP contribution in [0.4, 0.5) is 0 Å². The van der Waals surface area contributed by atoms with E-state index in [1.807, 2.05) is 49.6 Å². The van der Waals surface area contributed by atoms with Crippen molar-refractivity contribution < 1.29 is 18.9 Å². The van der Waals surface area contributed by atoms with Gasteiger partial charge >= 0.3 is 0 Å². The first-order valence-corrected chi connectivity index (χ1v) is 10.8. The zero-order valence-corrected chi connectivity index (χ0v) is 19.3. The van der Waals surface area contributed by atoms with Gasteiger partial charge in [0.1, 0.15) is 27.3 Å². The number of pyridine rings is 2. The van der Waals surface area contributed by atoms with E-state index in [0.29, 0.717) is 23.1 Å². The maximum Gasteiger partial charge on any atom is 0.212 e. The van der Waals surface area contributed by atoms with Crippen LogP contribution in [0.25, 0.3) is 11.2 Å². The van der Waals surface area contributed by atoms with Gasteiger partial charge in [-0.25, -0.2) is 15.0 Å². The van der Waals surface area contributed by atoms with Crippen LogP contribution >= 0.6 is 0 Å². The number of ether oxygens (including phenoxy) is 4. The lowest BCUT2D eigenvalue weighted by atomic mass is 9.57. The summed E-state index contributed by atoms with van der Waals surface area (Å²) in [5, 5.41) is -0.464. The Morgan fingerprint density at radius 2 is 1.88 bits per heavy atom. The van der Waals surface area contributed by atoms with Crippen LogP contribution in [0, 0.1) is 0 Å². The minimum atomic E-state index is -0.464. The number of hydrogen-bond donors (Lipinski definition) is 0. The average molecular weight is 442 g/mol. The SMILES string of the molecule is BC(B)(c1cc(OC)c2c(c1)O[C@@H](C)[C@H](c1ccc(OC)nc1)O2)n1cnc2cccnc21. The lowest BCUT2D eigenvalue weighted by Crippen LogP contribution is -2.36. The quantitative estimate of drug-likeness (QED) is 0.435. The van der Waals surface area contributed by atoms with Crippen LogP contribution in [0.2, 0.25) is 0 Å². The predicted molar refractivity (Wildman–Crippen MR) is 129 cm³/mol. The largest absolute Gasteiger partial charge is 0.493 e. The smallest absolute Gasteiger partial charge is 0.212 e. The first kappa shape index (κ1) is 21.2. The lowest BCUT2D eigenvalue weighted by molar-refractivity contribution is 0.0277. The first-order chi connectivity index (χ1) is 15.9. The number of nitrogens with zero attached hydrogens (tertiary/aromatic N) is 4. The highest BCUT2D eigenvalue weighted by Gasteiger charge is 2.35. The van der Waals surface area contributed by atoms with Crippen molar-refractivity contribution in [3.05, 3.63) is 66.2 Å². The number of hydrogen-bond acceptors (Lipinski definition) is 7. The van der Waals surface area contributed by atoms with E-state index < -0.39 is 5.34 Å².